The number of aryl methyl sites for hydroxylation is 2. The molecule has 1 aromatic carbocycles. The van der Waals surface area contributed by atoms with Crippen LogP contribution in [0.15, 0.2) is 29.6 Å². The molecular weight excluding hydrogens is 414 g/mol. The molecule has 0 fully saturated rings. The van der Waals surface area contributed by atoms with Crippen molar-refractivity contribution in [3.05, 3.63) is 56.5 Å². The largest absolute Gasteiger partial charge is 0.312 e. The van der Waals surface area contributed by atoms with Crippen LogP contribution in [0, 0.1) is 25.2 Å². The summed E-state index contributed by atoms with van der Waals surface area (Å²) in [6.45, 7) is 4.33. The summed E-state index contributed by atoms with van der Waals surface area (Å²) in [5.41, 5.74) is 2.73. The molecule has 0 unspecified atom stereocenters. The van der Waals surface area contributed by atoms with Crippen LogP contribution >= 0.6 is 34.9 Å². The minimum Gasteiger partial charge on any atom is -0.312 e. The third kappa shape index (κ3) is 4.69. The summed E-state index contributed by atoms with van der Waals surface area (Å²) in [6.07, 6.45) is 0. The van der Waals surface area contributed by atoms with Gasteiger partial charge in [-0.05, 0) is 38.1 Å². The molecule has 28 heavy (non-hydrogen) atoms. The Morgan fingerprint density at radius 3 is 2.68 bits per heavy atom. The number of benzene rings is 1. The Balaban J connectivity index is 1.96. The van der Waals surface area contributed by atoms with E-state index < -0.39 is 0 Å². The number of amides is 1. The molecule has 3 rings (SSSR count). The van der Waals surface area contributed by atoms with E-state index in [4.69, 9.17) is 9.44 Å². The van der Waals surface area contributed by atoms with E-state index in [1.165, 1.54) is 18.4 Å². The highest BCUT2D eigenvalue weighted by molar-refractivity contribution is 7.93. The molecular formula is C18H17N5O2S3. The third-order valence-electron chi connectivity index (χ3n) is 3.74. The van der Waals surface area contributed by atoms with Gasteiger partial charge >= 0.3 is 0 Å². The topological polar surface area (TPSA) is 91.1 Å². The predicted octanol–water partition coefficient (Wildman–Crippen LogP) is 4.37. The molecule has 0 saturated heterocycles. The van der Waals surface area contributed by atoms with Crippen LogP contribution in [0.4, 0.5) is 10.8 Å². The fourth-order valence-corrected chi connectivity index (χ4v) is 4.25. The Morgan fingerprint density at radius 2 is 2.07 bits per heavy atom. The molecule has 10 heteroatoms. The maximum atomic E-state index is 12.3. The van der Waals surface area contributed by atoms with Crippen molar-refractivity contribution in [1.29, 1.82) is 5.26 Å². The molecule has 1 N–H and O–H groups in total. The Labute approximate surface area is 175 Å². The quantitative estimate of drug-likeness (QED) is 0.439. The van der Waals surface area contributed by atoms with E-state index in [0.29, 0.717) is 22.9 Å². The lowest BCUT2D eigenvalue weighted by Gasteiger charge is -2.21. The van der Waals surface area contributed by atoms with Crippen molar-refractivity contribution in [1.82, 2.24) is 14.7 Å². The van der Waals surface area contributed by atoms with Crippen LogP contribution in [0.2, 0.25) is 0 Å². The first-order chi connectivity index (χ1) is 13.5. The molecule has 1 amide bonds. The fraction of sp³-hybridized carbons (Fsp3) is 0.222. The summed E-state index contributed by atoms with van der Waals surface area (Å²) in [5.74, 6) is -0.309. The van der Waals surface area contributed by atoms with Gasteiger partial charge in [0.25, 0.3) is 5.91 Å². The number of nitrogens with one attached hydrogen (secondary N) is 1. The lowest BCUT2D eigenvalue weighted by Crippen LogP contribution is -2.19. The van der Waals surface area contributed by atoms with E-state index in [2.05, 4.69) is 20.8 Å². The summed E-state index contributed by atoms with van der Waals surface area (Å²) in [6, 6.07) is 9.39. The van der Waals surface area contributed by atoms with Gasteiger partial charge in [0.05, 0.1) is 36.0 Å². The van der Waals surface area contributed by atoms with Crippen molar-refractivity contribution < 1.29 is 8.98 Å². The van der Waals surface area contributed by atoms with Gasteiger partial charge < -0.3 is 9.08 Å². The normalized spacial score (nSPS) is 10.5. The summed E-state index contributed by atoms with van der Waals surface area (Å²) < 4.78 is 7.40. The Morgan fingerprint density at radius 1 is 1.32 bits per heavy atom. The zero-order chi connectivity index (χ0) is 20.1. The van der Waals surface area contributed by atoms with Crippen LogP contribution in [0.5, 0.6) is 0 Å². The first-order valence-corrected chi connectivity index (χ1v) is 10.6. The van der Waals surface area contributed by atoms with Crippen molar-refractivity contribution in [2.75, 3.05) is 12.0 Å². The van der Waals surface area contributed by atoms with Crippen molar-refractivity contribution in [3.8, 4) is 6.07 Å². The minimum atomic E-state index is -0.309. The number of hydrogen-bond acceptors (Lipinski definition) is 9. The molecule has 0 spiro atoms. The lowest BCUT2D eigenvalue weighted by atomic mass is 10.2. The van der Waals surface area contributed by atoms with Crippen LogP contribution in [-0.4, -0.2) is 23.0 Å². The van der Waals surface area contributed by atoms with Gasteiger partial charge in [0.15, 0.2) is 5.13 Å². The van der Waals surface area contributed by atoms with Crippen LogP contribution < -0.4 is 9.62 Å². The van der Waals surface area contributed by atoms with Gasteiger partial charge in [-0.2, -0.15) is 5.26 Å². The summed E-state index contributed by atoms with van der Waals surface area (Å²) in [5, 5.41) is 12.7. The Bertz CT molecular complexity index is 1010. The molecule has 0 saturated carbocycles. The molecule has 0 atom stereocenters. The second-order valence-corrected chi connectivity index (χ2v) is 8.63. The Kier molecular flexibility index (Phi) is 6.64. The van der Waals surface area contributed by atoms with Gasteiger partial charge in [0.2, 0.25) is 0 Å². The fourth-order valence-electron chi connectivity index (χ4n) is 2.46. The van der Waals surface area contributed by atoms with Crippen LogP contribution in [0.1, 0.15) is 31.6 Å². The van der Waals surface area contributed by atoms with Gasteiger partial charge in [-0.15, -0.1) is 22.7 Å². The van der Waals surface area contributed by atoms with Crippen LogP contribution in [0.25, 0.3) is 0 Å². The number of hydrogen-bond donors (Lipinski definition) is 1. The number of anilines is 2. The molecule has 0 radical (unpaired) electrons. The number of carbonyl (C=O) groups is 1. The molecule has 0 aliphatic heterocycles. The Hall–Kier alpha value is -2.45. The zero-order valence-electron chi connectivity index (χ0n) is 15.4. The smallest absolute Gasteiger partial charge is 0.282 e. The minimum absolute atomic E-state index is 0.309. The van der Waals surface area contributed by atoms with Gasteiger partial charge in [-0.1, -0.05) is 0 Å². The second-order valence-electron chi connectivity index (χ2n) is 5.69. The van der Waals surface area contributed by atoms with Gasteiger partial charge in [-0.3, -0.25) is 9.52 Å². The van der Waals surface area contributed by atoms with Crippen molar-refractivity contribution in [3.63, 3.8) is 0 Å². The average molecular weight is 432 g/mol. The molecule has 144 valence electrons. The van der Waals surface area contributed by atoms with E-state index in [1.807, 2.05) is 36.3 Å². The molecule has 0 aliphatic rings. The van der Waals surface area contributed by atoms with Crippen LogP contribution in [0.3, 0.4) is 0 Å². The number of aromatic nitrogens is 2. The zero-order valence-corrected chi connectivity index (χ0v) is 17.9. The van der Waals surface area contributed by atoms with E-state index >= 15 is 0 Å². The molecule has 0 bridgehead atoms. The first kappa shape index (κ1) is 20.3. The maximum Gasteiger partial charge on any atom is 0.282 e. The van der Waals surface area contributed by atoms with E-state index in [-0.39, 0.29) is 5.91 Å². The standard InChI is InChI=1S/C18H17N5O2S3/c1-11-16(17(24)22-28-25-3)21-18(27-11)23(9-14-10-26-12(2)20-14)15-6-4-13(8-19)5-7-15/h4-7,10H,9H2,1-3H3,(H,22,24). The summed E-state index contributed by atoms with van der Waals surface area (Å²) in [4.78, 5) is 24.2. The SMILES string of the molecule is COSNC(=O)c1nc(N(Cc2csc(C)n2)c2ccc(C#N)cc2)sc1C. The highest BCUT2D eigenvalue weighted by Gasteiger charge is 2.21. The second kappa shape index (κ2) is 9.16. The monoisotopic (exact) mass is 431 g/mol. The lowest BCUT2D eigenvalue weighted by molar-refractivity contribution is 0.0977. The van der Waals surface area contributed by atoms with E-state index in [0.717, 1.165) is 33.5 Å². The molecule has 7 nitrogen and oxygen atoms in total. The number of carbonyl (C=O) groups excluding carboxylic acids is 1. The van der Waals surface area contributed by atoms with Gasteiger partial charge in [0.1, 0.15) is 17.9 Å². The first-order valence-electron chi connectivity index (χ1n) is 8.18. The molecule has 3 aromatic rings. The van der Waals surface area contributed by atoms with Crippen molar-refractivity contribution >= 4 is 51.6 Å². The molecule has 2 heterocycles. The van der Waals surface area contributed by atoms with Gasteiger partial charge in [-0.25, -0.2) is 9.97 Å². The average Bonchev–Trinajstić information content (AvgIpc) is 3.29. The summed E-state index contributed by atoms with van der Waals surface area (Å²) >= 11 is 3.87. The number of thiazole rings is 2. The van der Waals surface area contributed by atoms with Crippen LogP contribution in [-0.2, 0) is 10.7 Å². The third-order valence-corrected chi connectivity index (χ3v) is 6.00. The van der Waals surface area contributed by atoms with Gasteiger partial charge in [0, 0.05) is 15.9 Å². The number of nitriles is 1. The molecule has 0 aliphatic carbocycles. The maximum absolute atomic E-state index is 12.3. The van der Waals surface area contributed by atoms with E-state index in [1.54, 1.807) is 23.5 Å². The van der Waals surface area contributed by atoms with Crippen molar-refractivity contribution in [2.45, 2.75) is 20.4 Å². The van der Waals surface area contributed by atoms with E-state index in [9.17, 15) is 4.79 Å². The highest BCUT2D eigenvalue weighted by Crippen LogP contribution is 2.33. The number of nitrogens with zero attached hydrogens (tertiary/aromatic N) is 4. The predicted molar refractivity (Wildman–Crippen MR) is 113 cm³/mol. The summed E-state index contributed by atoms with van der Waals surface area (Å²) in [7, 11) is 1.48. The van der Waals surface area contributed by atoms with Crippen molar-refractivity contribution in [2.24, 2.45) is 0 Å². The molecule has 2 aromatic heterocycles. The highest BCUT2D eigenvalue weighted by atomic mass is 32.2. The number of rotatable bonds is 7.